The SMILES string of the molecule is CC(=O)N[C@H]1C(C)C(F)(F)C(COC(C)=O)O[C@@H]1C. The molecule has 110 valence electrons. The Kier molecular flexibility index (Phi) is 4.84. The molecule has 1 rings (SSSR count). The van der Waals surface area contributed by atoms with Gasteiger partial charge in [0.05, 0.1) is 12.1 Å². The minimum atomic E-state index is -3.19. The molecule has 1 aliphatic rings. The molecule has 0 saturated carbocycles. The summed E-state index contributed by atoms with van der Waals surface area (Å²) in [5.41, 5.74) is 0. The Morgan fingerprint density at radius 1 is 1.32 bits per heavy atom. The van der Waals surface area contributed by atoms with Gasteiger partial charge in [0.25, 0.3) is 5.92 Å². The van der Waals surface area contributed by atoms with Crippen molar-refractivity contribution in [3.05, 3.63) is 0 Å². The van der Waals surface area contributed by atoms with Crippen LogP contribution in [-0.2, 0) is 19.1 Å². The standard InChI is InChI=1S/C12H19F2NO4/c1-6-11(15-8(3)16)7(2)19-10(12(6,13)14)5-18-9(4)17/h6-7,10-11H,5H2,1-4H3,(H,15,16)/t6?,7-,10?,11+/m1/s1. The zero-order valence-corrected chi connectivity index (χ0v) is 11.4. The third-order valence-corrected chi connectivity index (χ3v) is 3.27. The van der Waals surface area contributed by atoms with Gasteiger partial charge in [-0.3, -0.25) is 9.59 Å². The molecule has 1 aliphatic heterocycles. The van der Waals surface area contributed by atoms with Crippen LogP contribution < -0.4 is 5.32 Å². The summed E-state index contributed by atoms with van der Waals surface area (Å²) in [6, 6.07) is -0.777. The van der Waals surface area contributed by atoms with Crippen LogP contribution in [0.1, 0.15) is 27.7 Å². The largest absolute Gasteiger partial charge is 0.463 e. The predicted molar refractivity (Wildman–Crippen MR) is 62.7 cm³/mol. The summed E-state index contributed by atoms with van der Waals surface area (Å²) in [4.78, 5) is 21.7. The van der Waals surface area contributed by atoms with Crippen LogP contribution in [0.25, 0.3) is 0 Å². The number of esters is 1. The molecule has 1 saturated heterocycles. The third kappa shape index (κ3) is 3.62. The monoisotopic (exact) mass is 279 g/mol. The number of halogens is 2. The third-order valence-electron chi connectivity index (χ3n) is 3.27. The molecule has 1 heterocycles. The smallest absolute Gasteiger partial charge is 0.302 e. The van der Waals surface area contributed by atoms with Gasteiger partial charge in [0, 0.05) is 19.8 Å². The van der Waals surface area contributed by atoms with Crippen molar-refractivity contribution in [1.82, 2.24) is 5.32 Å². The van der Waals surface area contributed by atoms with Crippen LogP contribution in [0.4, 0.5) is 8.78 Å². The molecule has 19 heavy (non-hydrogen) atoms. The van der Waals surface area contributed by atoms with E-state index in [9.17, 15) is 18.4 Å². The maximum absolute atomic E-state index is 14.1. The van der Waals surface area contributed by atoms with Gasteiger partial charge in [-0.25, -0.2) is 8.78 Å². The minimum Gasteiger partial charge on any atom is -0.463 e. The first-order valence-corrected chi connectivity index (χ1v) is 6.10. The second-order valence-corrected chi connectivity index (χ2v) is 4.82. The first-order chi connectivity index (χ1) is 8.66. The van der Waals surface area contributed by atoms with Crippen molar-refractivity contribution >= 4 is 11.9 Å². The summed E-state index contributed by atoms with van der Waals surface area (Å²) in [5, 5.41) is 2.47. The molecule has 1 amide bonds. The summed E-state index contributed by atoms with van der Waals surface area (Å²) < 4.78 is 38.0. The molecule has 1 fully saturated rings. The fraction of sp³-hybridized carbons (Fsp3) is 0.833. The Morgan fingerprint density at radius 2 is 1.89 bits per heavy atom. The summed E-state index contributed by atoms with van der Waals surface area (Å²) in [7, 11) is 0. The van der Waals surface area contributed by atoms with E-state index in [1.54, 1.807) is 6.92 Å². The van der Waals surface area contributed by atoms with Crippen LogP contribution in [0.5, 0.6) is 0 Å². The Bertz CT molecular complexity index is 358. The minimum absolute atomic E-state index is 0.387. The molecule has 0 bridgehead atoms. The van der Waals surface area contributed by atoms with Gasteiger partial charge in [-0.2, -0.15) is 0 Å². The first kappa shape index (κ1) is 15.8. The lowest BCUT2D eigenvalue weighted by atomic mass is 9.85. The van der Waals surface area contributed by atoms with E-state index in [2.05, 4.69) is 10.1 Å². The van der Waals surface area contributed by atoms with Crippen LogP contribution in [0.3, 0.4) is 0 Å². The van der Waals surface area contributed by atoms with E-state index >= 15 is 0 Å². The number of alkyl halides is 2. The Labute approximate surface area is 110 Å². The van der Waals surface area contributed by atoms with Gasteiger partial charge in [-0.05, 0) is 6.92 Å². The topological polar surface area (TPSA) is 64.6 Å². The Balaban J connectivity index is 2.81. The Hall–Kier alpha value is -1.24. The number of hydrogen-bond donors (Lipinski definition) is 1. The van der Waals surface area contributed by atoms with Crippen LogP contribution in [0.2, 0.25) is 0 Å². The van der Waals surface area contributed by atoms with Crippen molar-refractivity contribution in [2.24, 2.45) is 5.92 Å². The maximum Gasteiger partial charge on any atom is 0.302 e. The van der Waals surface area contributed by atoms with Gasteiger partial charge >= 0.3 is 5.97 Å². The van der Waals surface area contributed by atoms with Gasteiger partial charge in [0.2, 0.25) is 5.91 Å². The number of hydrogen-bond acceptors (Lipinski definition) is 4. The maximum atomic E-state index is 14.1. The van der Waals surface area contributed by atoms with Crippen LogP contribution >= 0.6 is 0 Å². The molecule has 0 aromatic heterocycles. The van der Waals surface area contributed by atoms with Gasteiger partial charge in [-0.1, -0.05) is 6.92 Å². The van der Waals surface area contributed by atoms with Gasteiger partial charge < -0.3 is 14.8 Å². The quantitative estimate of drug-likeness (QED) is 0.786. The number of carbonyl (C=O) groups is 2. The second kappa shape index (κ2) is 5.81. The molecule has 4 atom stereocenters. The fourth-order valence-electron chi connectivity index (χ4n) is 2.19. The average molecular weight is 279 g/mol. The predicted octanol–water partition coefficient (Wildman–Crippen LogP) is 1.11. The zero-order valence-electron chi connectivity index (χ0n) is 11.4. The van der Waals surface area contributed by atoms with E-state index in [1.807, 2.05) is 0 Å². The van der Waals surface area contributed by atoms with Crippen molar-refractivity contribution in [2.45, 2.75) is 51.9 Å². The molecular formula is C12H19F2NO4. The van der Waals surface area contributed by atoms with Crippen LogP contribution in [0, 0.1) is 5.92 Å². The van der Waals surface area contributed by atoms with E-state index in [0.717, 1.165) is 6.92 Å². The normalized spacial score (nSPS) is 33.6. The molecular weight excluding hydrogens is 260 g/mol. The zero-order chi connectivity index (χ0) is 14.8. The van der Waals surface area contributed by atoms with Crippen LogP contribution in [0.15, 0.2) is 0 Å². The number of amides is 1. The molecule has 0 aromatic rings. The molecule has 0 spiro atoms. The summed E-state index contributed by atoms with van der Waals surface area (Å²) in [6.07, 6.45) is -2.08. The fourth-order valence-corrected chi connectivity index (χ4v) is 2.19. The van der Waals surface area contributed by atoms with E-state index in [1.165, 1.54) is 13.8 Å². The summed E-state index contributed by atoms with van der Waals surface area (Å²) in [6.45, 7) is 4.87. The highest BCUT2D eigenvalue weighted by molar-refractivity contribution is 5.73. The van der Waals surface area contributed by atoms with Crippen molar-refractivity contribution in [1.29, 1.82) is 0 Å². The van der Waals surface area contributed by atoms with Crippen molar-refractivity contribution in [3.8, 4) is 0 Å². The number of carbonyl (C=O) groups excluding carboxylic acids is 2. The van der Waals surface area contributed by atoms with Crippen molar-refractivity contribution in [2.75, 3.05) is 6.61 Å². The lowest BCUT2D eigenvalue weighted by Crippen LogP contribution is -2.62. The van der Waals surface area contributed by atoms with Gasteiger partial charge in [-0.15, -0.1) is 0 Å². The molecule has 2 unspecified atom stereocenters. The highest BCUT2D eigenvalue weighted by Gasteiger charge is 2.55. The van der Waals surface area contributed by atoms with E-state index in [-0.39, 0.29) is 5.91 Å². The highest BCUT2D eigenvalue weighted by atomic mass is 19.3. The second-order valence-electron chi connectivity index (χ2n) is 4.82. The van der Waals surface area contributed by atoms with E-state index in [0.29, 0.717) is 0 Å². The lowest BCUT2D eigenvalue weighted by molar-refractivity contribution is -0.245. The molecule has 0 radical (unpaired) electrons. The van der Waals surface area contributed by atoms with Crippen molar-refractivity contribution < 1.29 is 27.8 Å². The van der Waals surface area contributed by atoms with Gasteiger partial charge in [0.15, 0.2) is 6.10 Å². The average Bonchev–Trinajstić information content (AvgIpc) is 2.27. The van der Waals surface area contributed by atoms with E-state index in [4.69, 9.17) is 4.74 Å². The van der Waals surface area contributed by atoms with Crippen molar-refractivity contribution in [3.63, 3.8) is 0 Å². The van der Waals surface area contributed by atoms with E-state index < -0.39 is 42.7 Å². The summed E-state index contributed by atoms with van der Waals surface area (Å²) in [5.74, 6) is -5.32. The molecule has 1 N–H and O–H groups in total. The Morgan fingerprint density at radius 3 is 2.37 bits per heavy atom. The number of ether oxygens (including phenoxy) is 2. The highest BCUT2D eigenvalue weighted by Crippen LogP contribution is 2.39. The van der Waals surface area contributed by atoms with Crippen LogP contribution in [-0.4, -0.2) is 42.7 Å². The molecule has 0 aliphatic carbocycles. The first-order valence-electron chi connectivity index (χ1n) is 6.10. The summed E-state index contributed by atoms with van der Waals surface area (Å²) >= 11 is 0. The lowest BCUT2D eigenvalue weighted by Gasteiger charge is -2.44. The number of nitrogens with one attached hydrogen (secondary N) is 1. The van der Waals surface area contributed by atoms with Gasteiger partial charge in [0.1, 0.15) is 6.61 Å². The molecule has 7 heteroatoms. The molecule has 0 aromatic carbocycles. The number of rotatable bonds is 3. The molecule has 5 nitrogen and oxygen atoms in total.